The van der Waals surface area contributed by atoms with Crippen molar-refractivity contribution in [2.24, 2.45) is 0 Å². The van der Waals surface area contributed by atoms with Crippen molar-refractivity contribution >= 4 is 17.3 Å². The van der Waals surface area contributed by atoms with Crippen LogP contribution in [0, 0.1) is 12.7 Å². The first kappa shape index (κ1) is 12.7. The van der Waals surface area contributed by atoms with E-state index in [0.717, 1.165) is 11.3 Å². The Morgan fingerprint density at radius 1 is 1.25 bits per heavy atom. The quantitative estimate of drug-likeness (QED) is 0.810. The van der Waals surface area contributed by atoms with Crippen molar-refractivity contribution in [1.82, 2.24) is 0 Å². The highest BCUT2D eigenvalue weighted by atomic mass is 19.1. The summed E-state index contributed by atoms with van der Waals surface area (Å²) in [6.45, 7) is 2.19. The summed E-state index contributed by atoms with van der Waals surface area (Å²) in [5.74, 6) is -0.759. The molecule has 20 heavy (non-hydrogen) atoms. The molecule has 3 rings (SSSR count). The fourth-order valence-electron chi connectivity index (χ4n) is 2.63. The molecule has 1 aliphatic rings. The Balaban J connectivity index is 2.02. The van der Waals surface area contributed by atoms with Crippen molar-refractivity contribution < 1.29 is 9.18 Å². The number of nitrogens with zero attached hydrogens (tertiary/aromatic N) is 1. The van der Waals surface area contributed by atoms with Crippen molar-refractivity contribution in [3.05, 3.63) is 58.9 Å². The molecule has 1 amide bonds. The molecule has 0 saturated heterocycles. The molecule has 0 unspecified atom stereocenters. The number of nitrogens with two attached hydrogens (primary N) is 1. The second kappa shape index (κ2) is 4.63. The minimum Gasteiger partial charge on any atom is -0.398 e. The van der Waals surface area contributed by atoms with Gasteiger partial charge in [-0.05, 0) is 37.1 Å². The molecule has 0 fully saturated rings. The van der Waals surface area contributed by atoms with Crippen LogP contribution in [0.3, 0.4) is 0 Å². The molecular weight excluding hydrogens is 255 g/mol. The summed E-state index contributed by atoms with van der Waals surface area (Å²) in [6.07, 6.45) is 0.710. The minimum absolute atomic E-state index is 0.111. The van der Waals surface area contributed by atoms with Gasteiger partial charge in [-0.1, -0.05) is 18.2 Å². The van der Waals surface area contributed by atoms with E-state index in [1.54, 1.807) is 24.0 Å². The molecule has 2 N–H and O–H groups in total. The van der Waals surface area contributed by atoms with E-state index in [9.17, 15) is 9.18 Å². The molecule has 4 heteroatoms. The van der Waals surface area contributed by atoms with Crippen molar-refractivity contribution in [2.75, 3.05) is 17.2 Å². The summed E-state index contributed by atoms with van der Waals surface area (Å²) in [5.41, 5.74) is 8.94. The number of fused-ring (bicyclic) bond motifs is 1. The van der Waals surface area contributed by atoms with E-state index in [4.69, 9.17) is 5.73 Å². The summed E-state index contributed by atoms with van der Waals surface area (Å²) in [4.78, 5) is 14.1. The highest BCUT2D eigenvalue weighted by molar-refractivity contribution is 6.08. The number of anilines is 2. The Hall–Kier alpha value is -2.36. The average Bonchev–Trinajstić information content (AvgIpc) is 2.86. The maximum Gasteiger partial charge on any atom is 0.261 e. The monoisotopic (exact) mass is 270 g/mol. The molecule has 2 aromatic rings. The van der Waals surface area contributed by atoms with Crippen molar-refractivity contribution in [1.29, 1.82) is 0 Å². The first-order chi connectivity index (χ1) is 9.59. The van der Waals surface area contributed by atoms with Crippen molar-refractivity contribution in [3.63, 3.8) is 0 Å². The van der Waals surface area contributed by atoms with Crippen LogP contribution in [0.2, 0.25) is 0 Å². The highest BCUT2D eigenvalue weighted by Crippen LogP contribution is 2.33. The van der Waals surface area contributed by atoms with E-state index in [-0.39, 0.29) is 11.5 Å². The molecule has 0 spiro atoms. The molecule has 1 aliphatic heterocycles. The molecule has 0 atom stereocenters. The van der Waals surface area contributed by atoms with Gasteiger partial charge in [-0.3, -0.25) is 4.79 Å². The van der Waals surface area contributed by atoms with E-state index >= 15 is 0 Å². The van der Waals surface area contributed by atoms with Crippen LogP contribution in [0.4, 0.5) is 15.8 Å². The van der Waals surface area contributed by atoms with Gasteiger partial charge < -0.3 is 10.6 Å². The fraction of sp³-hybridized carbons (Fsp3) is 0.188. The number of aryl methyl sites for hydroxylation is 1. The summed E-state index contributed by atoms with van der Waals surface area (Å²) in [7, 11) is 0. The van der Waals surface area contributed by atoms with Crippen LogP contribution in [-0.2, 0) is 6.42 Å². The molecule has 0 radical (unpaired) electrons. The number of rotatable bonds is 1. The molecule has 2 aromatic carbocycles. The molecule has 1 heterocycles. The van der Waals surface area contributed by atoms with Crippen LogP contribution in [0.1, 0.15) is 21.5 Å². The first-order valence-electron chi connectivity index (χ1n) is 6.54. The second-order valence-electron chi connectivity index (χ2n) is 4.99. The first-order valence-corrected chi connectivity index (χ1v) is 6.54. The maximum absolute atomic E-state index is 14.1. The summed E-state index contributed by atoms with van der Waals surface area (Å²) in [6, 6.07) is 10.4. The van der Waals surface area contributed by atoms with Gasteiger partial charge in [0, 0.05) is 23.5 Å². The van der Waals surface area contributed by atoms with Crippen LogP contribution in [0.5, 0.6) is 0 Å². The van der Waals surface area contributed by atoms with Gasteiger partial charge in [-0.2, -0.15) is 0 Å². The second-order valence-corrected chi connectivity index (χ2v) is 4.99. The number of hydrogen-bond acceptors (Lipinski definition) is 2. The standard InChI is InChI=1S/C16H15FN2O/c1-10-4-2-5-12(15(10)17)16(20)19-9-8-11-13(18)6-3-7-14(11)19/h2-7H,8-9,18H2,1H3. The van der Waals surface area contributed by atoms with Gasteiger partial charge in [0.05, 0.1) is 5.56 Å². The minimum atomic E-state index is -0.449. The number of halogens is 1. The summed E-state index contributed by atoms with van der Waals surface area (Å²) in [5, 5.41) is 0. The Kier molecular flexibility index (Phi) is 2.93. The van der Waals surface area contributed by atoms with Crippen LogP contribution < -0.4 is 10.6 Å². The Morgan fingerprint density at radius 3 is 2.80 bits per heavy atom. The van der Waals surface area contributed by atoms with Gasteiger partial charge >= 0.3 is 0 Å². The van der Waals surface area contributed by atoms with E-state index < -0.39 is 5.82 Å². The summed E-state index contributed by atoms with van der Waals surface area (Å²) < 4.78 is 14.1. The Labute approximate surface area is 116 Å². The molecule has 0 aliphatic carbocycles. The van der Waals surface area contributed by atoms with Crippen LogP contribution in [0.25, 0.3) is 0 Å². The van der Waals surface area contributed by atoms with E-state index in [0.29, 0.717) is 24.2 Å². The lowest BCUT2D eigenvalue weighted by Crippen LogP contribution is -2.29. The Bertz CT molecular complexity index is 697. The molecule has 0 saturated carbocycles. The number of amides is 1. The molecular formula is C16H15FN2O. The lowest BCUT2D eigenvalue weighted by atomic mass is 10.1. The van der Waals surface area contributed by atoms with Gasteiger partial charge in [0.1, 0.15) is 5.82 Å². The molecule has 0 aromatic heterocycles. The number of benzene rings is 2. The van der Waals surface area contributed by atoms with E-state index in [1.807, 2.05) is 18.2 Å². The van der Waals surface area contributed by atoms with Gasteiger partial charge in [0.15, 0.2) is 0 Å². The van der Waals surface area contributed by atoms with E-state index in [2.05, 4.69) is 0 Å². The molecule has 0 bridgehead atoms. The van der Waals surface area contributed by atoms with Crippen LogP contribution in [0.15, 0.2) is 36.4 Å². The Morgan fingerprint density at radius 2 is 2.00 bits per heavy atom. The summed E-state index contributed by atoms with van der Waals surface area (Å²) >= 11 is 0. The van der Waals surface area contributed by atoms with E-state index in [1.165, 1.54) is 6.07 Å². The molecule has 3 nitrogen and oxygen atoms in total. The number of nitrogen functional groups attached to an aromatic ring is 1. The van der Waals surface area contributed by atoms with Crippen molar-refractivity contribution in [2.45, 2.75) is 13.3 Å². The van der Waals surface area contributed by atoms with Crippen LogP contribution >= 0.6 is 0 Å². The number of carbonyl (C=O) groups is 1. The number of hydrogen-bond donors (Lipinski definition) is 1. The van der Waals surface area contributed by atoms with Crippen molar-refractivity contribution in [3.8, 4) is 0 Å². The van der Waals surface area contributed by atoms with Gasteiger partial charge in [0.25, 0.3) is 5.91 Å². The van der Waals surface area contributed by atoms with Gasteiger partial charge in [-0.15, -0.1) is 0 Å². The topological polar surface area (TPSA) is 46.3 Å². The smallest absolute Gasteiger partial charge is 0.261 e. The van der Waals surface area contributed by atoms with Gasteiger partial charge in [0.2, 0.25) is 0 Å². The maximum atomic E-state index is 14.1. The predicted molar refractivity (Wildman–Crippen MR) is 77.4 cm³/mol. The number of carbonyl (C=O) groups excluding carboxylic acids is 1. The van der Waals surface area contributed by atoms with Crippen LogP contribution in [-0.4, -0.2) is 12.5 Å². The average molecular weight is 270 g/mol. The third-order valence-corrected chi connectivity index (χ3v) is 3.73. The lowest BCUT2D eigenvalue weighted by molar-refractivity contribution is 0.0985. The molecule has 102 valence electrons. The predicted octanol–water partition coefficient (Wildman–Crippen LogP) is 2.92. The SMILES string of the molecule is Cc1cccc(C(=O)N2CCc3c(N)cccc32)c1F. The zero-order chi connectivity index (χ0) is 14.3. The van der Waals surface area contributed by atoms with Gasteiger partial charge in [-0.25, -0.2) is 4.39 Å². The zero-order valence-electron chi connectivity index (χ0n) is 11.2. The zero-order valence-corrected chi connectivity index (χ0v) is 11.2. The third-order valence-electron chi connectivity index (χ3n) is 3.73. The highest BCUT2D eigenvalue weighted by Gasteiger charge is 2.28. The normalized spacial score (nSPS) is 13.4. The fourth-order valence-corrected chi connectivity index (χ4v) is 2.63. The third kappa shape index (κ3) is 1.84. The largest absolute Gasteiger partial charge is 0.398 e. The lowest BCUT2D eigenvalue weighted by Gasteiger charge is -2.18.